The highest BCUT2D eigenvalue weighted by atomic mass is 16.6. The molecule has 0 unspecified atom stereocenters. The summed E-state index contributed by atoms with van der Waals surface area (Å²) in [6.45, 7) is 7.30. The van der Waals surface area contributed by atoms with Crippen molar-refractivity contribution < 1.29 is 28.6 Å². The summed E-state index contributed by atoms with van der Waals surface area (Å²) in [6.07, 6.45) is 1.22. The van der Waals surface area contributed by atoms with Gasteiger partial charge in [-0.15, -0.1) is 0 Å². The maximum atomic E-state index is 11.8. The number of hydrogen-bond acceptors (Lipinski definition) is 6. The van der Waals surface area contributed by atoms with Crippen LogP contribution in [0, 0.1) is 0 Å². The Morgan fingerprint density at radius 1 is 0.900 bits per heavy atom. The minimum Gasteiger partial charge on any atom is -0.460 e. The fraction of sp³-hybridized carbons (Fsp3) is 0.591. The van der Waals surface area contributed by atoms with E-state index in [9.17, 15) is 14.4 Å². The Bertz CT molecular complexity index is 643. The van der Waals surface area contributed by atoms with Gasteiger partial charge in [-0.3, -0.25) is 9.59 Å². The van der Waals surface area contributed by atoms with Crippen LogP contribution >= 0.6 is 0 Å². The summed E-state index contributed by atoms with van der Waals surface area (Å²) < 4.78 is 15.6. The minimum atomic E-state index is -0.497. The lowest BCUT2D eigenvalue weighted by atomic mass is 10.2. The molecule has 1 aromatic rings. The van der Waals surface area contributed by atoms with Gasteiger partial charge in [-0.05, 0) is 39.2 Å². The van der Waals surface area contributed by atoms with Crippen LogP contribution in [-0.2, 0) is 30.4 Å². The van der Waals surface area contributed by atoms with E-state index >= 15 is 0 Å². The van der Waals surface area contributed by atoms with E-state index in [0.717, 1.165) is 5.56 Å². The Morgan fingerprint density at radius 3 is 2.30 bits per heavy atom. The second kappa shape index (κ2) is 14.4. The first-order chi connectivity index (χ1) is 14.3. The maximum Gasteiger partial charge on any atom is 0.407 e. The Labute approximate surface area is 178 Å². The first kappa shape index (κ1) is 25.4. The molecule has 0 aliphatic rings. The number of alkyl carbamates (subject to hydrolysis) is 1. The number of carbonyl (C=O) groups is 3. The summed E-state index contributed by atoms with van der Waals surface area (Å²) in [6, 6.07) is 9.42. The van der Waals surface area contributed by atoms with E-state index in [1.54, 1.807) is 0 Å². The molecular weight excluding hydrogens is 388 g/mol. The van der Waals surface area contributed by atoms with Gasteiger partial charge < -0.3 is 24.8 Å². The normalized spacial score (nSPS) is 10.9. The van der Waals surface area contributed by atoms with Gasteiger partial charge in [-0.2, -0.15) is 0 Å². The molecule has 0 heterocycles. The predicted molar refractivity (Wildman–Crippen MR) is 113 cm³/mol. The molecule has 2 amide bonds. The fourth-order valence-electron chi connectivity index (χ4n) is 2.35. The molecule has 0 saturated heterocycles. The number of carbonyl (C=O) groups excluding carboxylic acids is 3. The topological polar surface area (TPSA) is 103 Å². The van der Waals surface area contributed by atoms with Crippen molar-refractivity contribution in [3.63, 3.8) is 0 Å². The van der Waals surface area contributed by atoms with Gasteiger partial charge in [-0.25, -0.2) is 4.79 Å². The molecule has 2 N–H and O–H groups in total. The zero-order valence-corrected chi connectivity index (χ0v) is 18.2. The van der Waals surface area contributed by atoms with Crippen LogP contribution in [-0.4, -0.2) is 49.9 Å². The maximum absolute atomic E-state index is 11.8. The predicted octanol–water partition coefficient (Wildman–Crippen LogP) is 2.95. The Balaban J connectivity index is 1.92. The van der Waals surface area contributed by atoms with E-state index < -0.39 is 11.7 Å². The molecule has 1 rings (SSSR count). The van der Waals surface area contributed by atoms with Crippen molar-refractivity contribution in [2.75, 3.05) is 26.3 Å². The van der Waals surface area contributed by atoms with Gasteiger partial charge in [0.05, 0.1) is 13.0 Å². The number of hydrogen-bond donors (Lipinski definition) is 2. The number of nitrogens with one attached hydrogen (secondary N) is 2. The molecule has 8 nitrogen and oxygen atoms in total. The van der Waals surface area contributed by atoms with Crippen LogP contribution < -0.4 is 10.6 Å². The summed E-state index contributed by atoms with van der Waals surface area (Å²) in [5, 5.41) is 5.42. The number of rotatable bonds is 13. The van der Waals surface area contributed by atoms with E-state index in [4.69, 9.17) is 14.2 Å². The molecular formula is C22H34N2O6. The van der Waals surface area contributed by atoms with Gasteiger partial charge >= 0.3 is 12.1 Å². The van der Waals surface area contributed by atoms with Crippen LogP contribution in [0.3, 0.4) is 0 Å². The monoisotopic (exact) mass is 422 g/mol. The van der Waals surface area contributed by atoms with Crippen molar-refractivity contribution in [1.29, 1.82) is 0 Å². The second-order valence-electron chi connectivity index (χ2n) is 7.74. The van der Waals surface area contributed by atoms with Crippen LogP contribution in [0.25, 0.3) is 0 Å². The lowest BCUT2D eigenvalue weighted by Gasteiger charge is -2.19. The molecule has 30 heavy (non-hydrogen) atoms. The number of benzene rings is 1. The third-order valence-electron chi connectivity index (χ3n) is 3.72. The third kappa shape index (κ3) is 14.4. The van der Waals surface area contributed by atoms with Gasteiger partial charge in [0.2, 0.25) is 5.91 Å². The number of ether oxygens (including phenoxy) is 3. The Morgan fingerprint density at radius 2 is 1.60 bits per heavy atom. The fourth-order valence-corrected chi connectivity index (χ4v) is 2.35. The molecule has 0 aliphatic heterocycles. The Hall–Kier alpha value is -2.61. The van der Waals surface area contributed by atoms with Crippen LogP contribution in [0.1, 0.15) is 52.0 Å². The zero-order chi connectivity index (χ0) is 22.2. The first-order valence-electron chi connectivity index (χ1n) is 10.3. The molecule has 0 saturated carbocycles. The first-order valence-corrected chi connectivity index (χ1v) is 10.3. The third-order valence-corrected chi connectivity index (χ3v) is 3.72. The SMILES string of the molecule is CC(C)(C)OC(=O)CCOCCCNC(=O)CCCNC(=O)OCc1ccccc1. The summed E-state index contributed by atoms with van der Waals surface area (Å²) in [5.41, 5.74) is 0.431. The lowest BCUT2D eigenvalue weighted by molar-refractivity contribution is -0.156. The smallest absolute Gasteiger partial charge is 0.407 e. The largest absolute Gasteiger partial charge is 0.460 e. The van der Waals surface area contributed by atoms with Crippen molar-refractivity contribution in [1.82, 2.24) is 10.6 Å². The summed E-state index contributed by atoms with van der Waals surface area (Å²) >= 11 is 0. The summed E-state index contributed by atoms with van der Waals surface area (Å²) in [4.78, 5) is 34.9. The quantitative estimate of drug-likeness (QED) is 0.374. The highest BCUT2D eigenvalue weighted by molar-refractivity contribution is 5.75. The van der Waals surface area contributed by atoms with E-state index in [0.29, 0.717) is 45.6 Å². The molecule has 0 radical (unpaired) electrons. The molecule has 8 heteroatoms. The van der Waals surface area contributed by atoms with Crippen molar-refractivity contribution in [3.05, 3.63) is 35.9 Å². The van der Waals surface area contributed by atoms with Crippen LogP contribution in [0.15, 0.2) is 30.3 Å². The van der Waals surface area contributed by atoms with Crippen molar-refractivity contribution >= 4 is 18.0 Å². The minimum absolute atomic E-state index is 0.0804. The number of esters is 1. The van der Waals surface area contributed by atoms with Gasteiger partial charge in [0.25, 0.3) is 0 Å². The lowest BCUT2D eigenvalue weighted by Crippen LogP contribution is -2.28. The molecule has 0 spiro atoms. The summed E-state index contributed by atoms with van der Waals surface area (Å²) in [7, 11) is 0. The van der Waals surface area contributed by atoms with E-state index in [-0.39, 0.29) is 24.9 Å². The van der Waals surface area contributed by atoms with Crippen molar-refractivity contribution in [3.8, 4) is 0 Å². The van der Waals surface area contributed by atoms with E-state index in [2.05, 4.69) is 10.6 Å². The van der Waals surface area contributed by atoms with Gasteiger partial charge in [0.1, 0.15) is 12.2 Å². The van der Waals surface area contributed by atoms with Crippen LogP contribution in [0.5, 0.6) is 0 Å². The number of amides is 2. The zero-order valence-electron chi connectivity index (χ0n) is 18.2. The van der Waals surface area contributed by atoms with E-state index in [1.807, 2.05) is 51.1 Å². The molecule has 168 valence electrons. The average molecular weight is 423 g/mol. The Kier molecular flexibility index (Phi) is 12.2. The molecule has 0 bridgehead atoms. The molecule has 1 aromatic carbocycles. The standard InChI is InChI=1S/C22H34N2O6/c1-22(2,3)30-20(26)12-16-28-15-8-14-23-19(25)11-7-13-24-21(27)29-17-18-9-5-4-6-10-18/h4-6,9-10H,7-8,11-17H2,1-3H3,(H,23,25)(H,24,27). The molecule has 0 aliphatic carbocycles. The van der Waals surface area contributed by atoms with Gasteiger partial charge in [0.15, 0.2) is 0 Å². The van der Waals surface area contributed by atoms with Gasteiger partial charge in [0, 0.05) is 26.1 Å². The molecule has 0 aromatic heterocycles. The van der Waals surface area contributed by atoms with Crippen LogP contribution in [0.4, 0.5) is 4.79 Å². The highest BCUT2D eigenvalue weighted by Gasteiger charge is 2.15. The molecule has 0 atom stereocenters. The highest BCUT2D eigenvalue weighted by Crippen LogP contribution is 2.08. The van der Waals surface area contributed by atoms with Crippen molar-refractivity contribution in [2.24, 2.45) is 0 Å². The summed E-state index contributed by atoms with van der Waals surface area (Å²) in [5.74, 6) is -0.364. The second-order valence-corrected chi connectivity index (χ2v) is 7.74. The average Bonchev–Trinajstić information content (AvgIpc) is 2.68. The van der Waals surface area contributed by atoms with E-state index in [1.165, 1.54) is 0 Å². The van der Waals surface area contributed by atoms with Gasteiger partial charge in [-0.1, -0.05) is 30.3 Å². The van der Waals surface area contributed by atoms with Crippen LogP contribution in [0.2, 0.25) is 0 Å². The molecule has 0 fully saturated rings. The van der Waals surface area contributed by atoms with Crippen molar-refractivity contribution in [2.45, 2.75) is 58.7 Å².